The topological polar surface area (TPSA) is 49.3 Å². The second-order valence-corrected chi connectivity index (χ2v) is 5.14. The van der Waals surface area contributed by atoms with Crippen molar-refractivity contribution in [1.82, 2.24) is 20.1 Å². The number of carbonyl (C=O) groups is 1. The third kappa shape index (κ3) is 5.09. The van der Waals surface area contributed by atoms with Gasteiger partial charge < -0.3 is 20.1 Å². The van der Waals surface area contributed by atoms with Crippen molar-refractivity contribution >= 4 is 5.91 Å². The van der Waals surface area contributed by atoms with E-state index in [1.54, 1.807) is 12.1 Å². The molecule has 0 aliphatic carbocycles. The maximum Gasteiger partial charge on any atom is 0.267 e. The number of piperazine rings is 1. The maximum absolute atomic E-state index is 12.4. The van der Waals surface area contributed by atoms with E-state index in [4.69, 9.17) is 0 Å². The number of aromatic nitrogens is 1. The molecule has 1 aliphatic rings. The molecule has 0 aromatic carbocycles. The van der Waals surface area contributed by atoms with E-state index in [0.29, 0.717) is 6.54 Å². The number of carbonyl (C=O) groups excluding carboxylic acids is 1. The molecule has 2 heterocycles. The van der Waals surface area contributed by atoms with Crippen molar-refractivity contribution in [3.63, 3.8) is 0 Å². The SMILES string of the molecule is O=C(NCCCN1CCNCC1)c1cccn1CC(F)F. The Hall–Kier alpha value is -1.47. The van der Waals surface area contributed by atoms with E-state index in [-0.39, 0.29) is 11.6 Å². The standard InChI is InChI=1S/C14H22F2N4O/c15-13(16)11-20-8-1-3-12(20)14(21)18-4-2-7-19-9-5-17-6-10-19/h1,3,8,13,17H,2,4-7,9-11H2,(H,18,21). The summed E-state index contributed by atoms with van der Waals surface area (Å²) >= 11 is 0. The van der Waals surface area contributed by atoms with Crippen molar-refractivity contribution in [2.24, 2.45) is 0 Å². The first-order valence-corrected chi connectivity index (χ1v) is 7.31. The van der Waals surface area contributed by atoms with E-state index in [1.807, 2.05) is 0 Å². The number of hydrogen-bond donors (Lipinski definition) is 2. The average molecular weight is 300 g/mol. The van der Waals surface area contributed by atoms with Crippen LogP contribution in [0.25, 0.3) is 0 Å². The summed E-state index contributed by atoms with van der Waals surface area (Å²) < 4.78 is 26.1. The molecule has 1 fully saturated rings. The molecule has 0 unspecified atom stereocenters. The first-order valence-electron chi connectivity index (χ1n) is 7.31. The largest absolute Gasteiger partial charge is 0.351 e. The minimum absolute atomic E-state index is 0.289. The van der Waals surface area contributed by atoms with Crippen LogP contribution in [-0.4, -0.2) is 61.1 Å². The highest BCUT2D eigenvalue weighted by Crippen LogP contribution is 2.06. The normalized spacial score (nSPS) is 16.3. The van der Waals surface area contributed by atoms with Gasteiger partial charge in [0, 0.05) is 38.9 Å². The summed E-state index contributed by atoms with van der Waals surface area (Å²) in [4.78, 5) is 14.3. The van der Waals surface area contributed by atoms with Crippen LogP contribution in [0.15, 0.2) is 18.3 Å². The zero-order chi connectivity index (χ0) is 15.1. The lowest BCUT2D eigenvalue weighted by Gasteiger charge is -2.27. The number of amides is 1. The summed E-state index contributed by atoms with van der Waals surface area (Å²) in [5, 5.41) is 6.08. The van der Waals surface area contributed by atoms with Crippen molar-refractivity contribution in [1.29, 1.82) is 0 Å². The maximum atomic E-state index is 12.4. The Morgan fingerprint density at radius 3 is 2.86 bits per heavy atom. The number of alkyl halides is 2. The van der Waals surface area contributed by atoms with Crippen LogP contribution in [0.1, 0.15) is 16.9 Å². The molecule has 0 radical (unpaired) electrons. The van der Waals surface area contributed by atoms with Gasteiger partial charge in [0.25, 0.3) is 12.3 Å². The third-order valence-electron chi connectivity index (χ3n) is 3.54. The van der Waals surface area contributed by atoms with Gasteiger partial charge in [0.15, 0.2) is 0 Å². The Morgan fingerprint density at radius 2 is 2.14 bits per heavy atom. The highest BCUT2D eigenvalue weighted by molar-refractivity contribution is 5.92. The predicted octanol–water partition coefficient (Wildman–Crippen LogP) is 0.778. The number of nitrogens with one attached hydrogen (secondary N) is 2. The Bertz CT molecular complexity index is 444. The lowest BCUT2D eigenvalue weighted by Crippen LogP contribution is -2.44. The van der Waals surface area contributed by atoms with Gasteiger partial charge in [-0.15, -0.1) is 0 Å². The zero-order valence-corrected chi connectivity index (χ0v) is 12.0. The molecule has 0 spiro atoms. The van der Waals surface area contributed by atoms with Crippen molar-refractivity contribution in [2.45, 2.75) is 19.4 Å². The van der Waals surface area contributed by atoms with Crippen molar-refractivity contribution in [3.05, 3.63) is 24.0 Å². The quantitative estimate of drug-likeness (QED) is 0.732. The highest BCUT2D eigenvalue weighted by atomic mass is 19.3. The van der Waals surface area contributed by atoms with Crippen LogP contribution in [0.5, 0.6) is 0 Å². The number of hydrogen-bond acceptors (Lipinski definition) is 3. The Labute approximate surface area is 123 Å². The van der Waals surface area contributed by atoms with Crippen LogP contribution in [0.2, 0.25) is 0 Å². The van der Waals surface area contributed by atoms with E-state index in [1.165, 1.54) is 10.8 Å². The summed E-state index contributed by atoms with van der Waals surface area (Å²) in [6.45, 7) is 5.14. The fraction of sp³-hybridized carbons (Fsp3) is 0.643. The van der Waals surface area contributed by atoms with E-state index in [0.717, 1.165) is 39.1 Å². The fourth-order valence-corrected chi connectivity index (χ4v) is 2.46. The lowest BCUT2D eigenvalue weighted by molar-refractivity contribution is 0.0928. The van der Waals surface area contributed by atoms with E-state index in [9.17, 15) is 13.6 Å². The van der Waals surface area contributed by atoms with Crippen LogP contribution in [0.4, 0.5) is 8.78 Å². The van der Waals surface area contributed by atoms with Gasteiger partial charge in [0.1, 0.15) is 5.69 Å². The van der Waals surface area contributed by atoms with Gasteiger partial charge in [-0.25, -0.2) is 8.78 Å². The van der Waals surface area contributed by atoms with E-state index in [2.05, 4.69) is 15.5 Å². The molecule has 0 atom stereocenters. The van der Waals surface area contributed by atoms with Crippen molar-refractivity contribution in [2.75, 3.05) is 39.3 Å². The molecule has 118 valence electrons. The summed E-state index contributed by atoms with van der Waals surface area (Å²) in [6.07, 6.45) is -0.0972. The fourth-order valence-electron chi connectivity index (χ4n) is 2.46. The van der Waals surface area contributed by atoms with Gasteiger partial charge in [-0.05, 0) is 25.1 Å². The monoisotopic (exact) mass is 300 g/mol. The Balaban J connectivity index is 1.70. The second-order valence-electron chi connectivity index (χ2n) is 5.14. The van der Waals surface area contributed by atoms with Crippen molar-refractivity contribution in [3.8, 4) is 0 Å². The molecular weight excluding hydrogens is 278 g/mol. The van der Waals surface area contributed by atoms with Crippen LogP contribution >= 0.6 is 0 Å². The number of nitrogens with zero attached hydrogens (tertiary/aromatic N) is 2. The molecule has 2 N–H and O–H groups in total. The smallest absolute Gasteiger partial charge is 0.267 e. The minimum atomic E-state index is -2.46. The van der Waals surface area contributed by atoms with Crippen LogP contribution in [-0.2, 0) is 6.54 Å². The molecule has 2 rings (SSSR count). The van der Waals surface area contributed by atoms with E-state index >= 15 is 0 Å². The summed E-state index contributed by atoms with van der Waals surface area (Å²) in [5.41, 5.74) is 0.289. The molecule has 0 bridgehead atoms. The zero-order valence-electron chi connectivity index (χ0n) is 12.0. The second kappa shape index (κ2) is 8.09. The summed E-state index contributed by atoms with van der Waals surface area (Å²) in [7, 11) is 0. The van der Waals surface area contributed by atoms with Crippen LogP contribution < -0.4 is 10.6 Å². The highest BCUT2D eigenvalue weighted by Gasteiger charge is 2.14. The molecule has 1 amide bonds. The first kappa shape index (κ1) is 15.9. The molecule has 0 saturated carbocycles. The van der Waals surface area contributed by atoms with Gasteiger partial charge >= 0.3 is 0 Å². The van der Waals surface area contributed by atoms with Crippen LogP contribution in [0, 0.1) is 0 Å². The molecular formula is C14H22F2N4O. The van der Waals surface area contributed by atoms with Crippen molar-refractivity contribution < 1.29 is 13.6 Å². The molecule has 7 heteroatoms. The van der Waals surface area contributed by atoms with Gasteiger partial charge in [-0.1, -0.05) is 0 Å². The van der Waals surface area contributed by atoms with Gasteiger partial charge in [0.2, 0.25) is 0 Å². The lowest BCUT2D eigenvalue weighted by atomic mass is 10.3. The molecule has 21 heavy (non-hydrogen) atoms. The van der Waals surface area contributed by atoms with Gasteiger partial charge in [-0.2, -0.15) is 0 Å². The number of rotatable bonds is 7. The molecule has 1 aromatic heterocycles. The molecule has 1 saturated heterocycles. The third-order valence-corrected chi connectivity index (χ3v) is 3.54. The predicted molar refractivity (Wildman–Crippen MR) is 76.7 cm³/mol. The molecule has 1 aliphatic heterocycles. The Kier molecular flexibility index (Phi) is 6.13. The first-order chi connectivity index (χ1) is 10.2. The molecule has 5 nitrogen and oxygen atoms in total. The summed E-state index contributed by atoms with van der Waals surface area (Å²) in [5.74, 6) is -0.291. The van der Waals surface area contributed by atoms with Gasteiger partial charge in [-0.3, -0.25) is 4.79 Å². The van der Waals surface area contributed by atoms with E-state index < -0.39 is 13.0 Å². The Morgan fingerprint density at radius 1 is 1.38 bits per heavy atom. The van der Waals surface area contributed by atoms with Gasteiger partial charge in [0.05, 0.1) is 6.54 Å². The average Bonchev–Trinajstić information content (AvgIpc) is 2.92. The minimum Gasteiger partial charge on any atom is -0.351 e. The van der Waals surface area contributed by atoms with Crippen LogP contribution in [0.3, 0.4) is 0 Å². The summed E-state index contributed by atoms with van der Waals surface area (Å²) in [6, 6.07) is 3.17. The molecule has 1 aromatic rings. The number of halogens is 2.